The van der Waals surface area contributed by atoms with Crippen molar-refractivity contribution >= 4 is 17.8 Å². The van der Waals surface area contributed by atoms with Crippen LogP contribution < -0.4 is 0 Å². The van der Waals surface area contributed by atoms with Gasteiger partial charge in [0.1, 0.15) is 11.9 Å². The Kier molecular flexibility index (Phi) is 3.62. The quantitative estimate of drug-likeness (QED) is 0.602. The predicted molar refractivity (Wildman–Crippen MR) is 35.9 cm³/mol. The van der Waals surface area contributed by atoms with Gasteiger partial charge in [-0.2, -0.15) is 0 Å². The zero-order chi connectivity index (χ0) is 7.44. The molecule has 0 spiro atoms. The van der Waals surface area contributed by atoms with Gasteiger partial charge in [0.15, 0.2) is 0 Å². The SMILES string of the molecule is CC(C)C(C)C(=O)OCl. The maximum atomic E-state index is 10.6. The van der Waals surface area contributed by atoms with Crippen LogP contribution in [0.3, 0.4) is 0 Å². The molecule has 0 bridgehead atoms. The molecular weight excluding hydrogens is 140 g/mol. The minimum Gasteiger partial charge on any atom is -0.347 e. The van der Waals surface area contributed by atoms with Gasteiger partial charge in [-0.15, -0.1) is 0 Å². The van der Waals surface area contributed by atoms with E-state index < -0.39 is 0 Å². The maximum absolute atomic E-state index is 10.6. The Bertz CT molecular complexity index is 101. The van der Waals surface area contributed by atoms with Crippen LogP contribution in [0.15, 0.2) is 0 Å². The van der Waals surface area contributed by atoms with Crippen LogP contribution in [0, 0.1) is 11.8 Å². The first kappa shape index (κ1) is 8.76. The Labute approximate surface area is 60.3 Å². The van der Waals surface area contributed by atoms with E-state index >= 15 is 0 Å². The number of carbonyl (C=O) groups excluding carboxylic acids is 1. The highest BCUT2D eigenvalue weighted by Crippen LogP contribution is 2.11. The number of carbonyl (C=O) groups is 1. The van der Waals surface area contributed by atoms with Crippen molar-refractivity contribution in [2.24, 2.45) is 11.8 Å². The largest absolute Gasteiger partial charge is 0.347 e. The molecule has 9 heavy (non-hydrogen) atoms. The summed E-state index contributed by atoms with van der Waals surface area (Å²) in [4.78, 5) is 10.6. The molecule has 3 heteroatoms. The molecule has 0 amide bonds. The molecular formula is C6H11ClO2. The lowest BCUT2D eigenvalue weighted by atomic mass is 9.99. The van der Waals surface area contributed by atoms with E-state index in [-0.39, 0.29) is 17.8 Å². The normalized spacial score (nSPS) is 13.4. The Hall–Kier alpha value is -0.240. The molecule has 0 aliphatic carbocycles. The molecule has 54 valence electrons. The smallest absolute Gasteiger partial charge is 0.327 e. The van der Waals surface area contributed by atoms with Crippen LogP contribution in [0.25, 0.3) is 0 Å². The van der Waals surface area contributed by atoms with Gasteiger partial charge in [-0.1, -0.05) is 20.8 Å². The summed E-state index contributed by atoms with van der Waals surface area (Å²) < 4.78 is 4.01. The maximum Gasteiger partial charge on any atom is 0.327 e. The minimum atomic E-state index is -0.355. The molecule has 0 heterocycles. The van der Waals surface area contributed by atoms with E-state index in [2.05, 4.69) is 4.29 Å². The van der Waals surface area contributed by atoms with Gasteiger partial charge in [0.05, 0.1) is 5.92 Å². The van der Waals surface area contributed by atoms with E-state index in [0.29, 0.717) is 0 Å². The lowest BCUT2D eigenvalue weighted by Crippen LogP contribution is -2.16. The van der Waals surface area contributed by atoms with Crippen molar-refractivity contribution in [2.45, 2.75) is 20.8 Å². The highest BCUT2D eigenvalue weighted by atomic mass is 35.5. The van der Waals surface area contributed by atoms with Gasteiger partial charge >= 0.3 is 5.97 Å². The van der Waals surface area contributed by atoms with Crippen molar-refractivity contribution in [1.82, 2.24) is 0 Å². The van der Waals surface area contributed by atoms with Gasteiger partial charge in [-0.05, 0) is 5.92 Å². The van der Waals surface area contributed by atoms with Gasteiger partial charge < -0.3 is 4.29 Å². The van der Waals surface area contributed by atoms with Gasteiger partial charge in [0.25, 0.3) is 0 Å². The van der Waals surface area contributed by atoms with Gasteiger partial charge in [-0.3, -0.25) is 4.79 Å². The van der Waals surface area contributed by atoms with E-state index in [1.165, 1.54) is 0 Å². The lowest BCUT2D eigenvalue weighted by molar-refractivity contribution is -0.139. The molecule has 0 radical (unpaired) electrons. The van der Waals surface area contributed by atoms with Crippen LogP contribution in [-0.2, 0) is 9.08 Å². The molecule has 1 unspecified atom stereocenters. The van der Waals surface area contributed by atoms with E-state index in [4.69, 9.17) is 11.9 Å². The van der Waals surface area contributed by atoms with Crippen molar-refractivity contribution in [3.8, 4) is 0 Å². The van der Waals surface area contributed by atoms with E-state index in [9.17, 15) is 4.79 Å². The topological polar surface area (TPSA) is 26.3 Å². The third kappa shape index (κ3) is 2.70. The summed E-state index contributed by atoms with van der Waals surface area (Å²) in [5.74, 6) is -0.176. The van der Waals surface area contributed by atoms with Crippen molar-refractivity contribution in [2.75, 3.05) is 0 Å². The molecule has 1 atom stereocenters. The molecule has 0 aromatic rings. The zero-order valence-corrected chi connectivity index (χ0v) is 6.61. The van der Waals surface area contributed by atoms with Crippen LogP contribution in [-0.4, -0.2) is 5.97 Å². The fourth-order valence-corrected chi connectivity index (χ4v) is 0.483. The second-order valence-corrected chi connectivity index (χ2v) is 2.58. The average molecular weight is 151 g/mol. The summed E-state index contributed by atoms with van der Waals surface area (Å²) in [6.07, 6.45) is 0. The summed E-state index contributed by atoms with van der Waals surface area (Å²) >= 11 is 4.84. The summed E-state index contributed by atoms with van der Waals surface area (Å²) in [5.41, 5.74) is 0. The summed E-state index contributed by atoms with van der Waals surface area (Å²) in [5, 5.41) is 0. The summed E-state index contributed by atoms with van der Waals surface area (Å²) in [7, 11) is 0. The first-order valence-electron chi connectivity index (χ1n) is 2.92. The highest BCUT2D eigenvalue weighted by Gasteiger charge is 2.17. The van der Waals surface area contributed by atoms with Crippen LogP contribution in [0.2, 0.25) is 0 Å². The Morgan fingerprint density at radius 3 is 2.00 bits per heavy atom. The van der Waals surface area contributed by atoms with Crippen LogP contribution >= 0.6 is 11.9 Å². The monoisotopic (exact) mass is 150 g/mol. The second-order valence-electron chi connectivity index (χ2n) is 2.43. The van der Waals surface area contributed by atoms with E-state index in [1.54, 1.807) is 6.92 Å². The first-order chi connectivity index (χ1) is 4.09. The minimum absolute atomic E-state index is 0.109. The van der Waals surface area contributed by atoms with Crippen LogP contribution in [0.4, 0.5) is 0 Å². The molecule has 0 saturated carbocycles. The molecule has 0 aliphatic rings. The van der Waals surface area contributed by atoms with Gasteiger partial charge in [-0.25, -0.2) is 0 Å². The van der Waals surface area contributed by atoms with Gasteiger partial charge in [0, 0.05) is 0 Å². The number of rotatable bonds is 2. The average Bonchev–Trinajstić information content (AvgIpc) is 1.84. The zero-order valence-electron chi connectivity index (χ0n) is 5.85. The third-order valence-corrected chi connectivity index (χ3v) is 1.60. The lowest BCUT2D eigenvalue weighted by Gasteiger charge is -2.09. The molecule has 0 fully saturated rings. The van der Waals surface area contributed by atoms with Crippen LogP contribution in [0.5, 0.6) is 0 Å². The summed E-state index contributed by atoms with van der Waals surface area (Å²) in [6, 6.07) is 0. The molecule has 0 aromatic heterocycles. The fraction of sp³-hybridized carbons (Fsp3) is 0.833. The number of hydrogen-bond donors (Lipinski definition) is 0. The van der Waals surface area contributed by atoms with Crippen LogP contribution in [0.1, 0.15) is 20.8 Å². The standard InChI is InChI=1S/C6H11ClO2/c1-4(2)5(3)6(8)9-7/h4-5H,1-3H3. The predicted octanol–water partition coefficient (Wildman–Crippen LogP) is 1.98. The highest BCUT2D eigenvalue weighted by molar-refractivity contribution is 6.13. The molecule has 0 saturated heterocycles. The molecule has 2 nitrogen and oxygen atoms in total. The third-order valence-electron chi connectivity index (χ3n) is 1.45. The van der Waals surface area contributed by atoms with Gasteiger partial charge in [0.2, 0.25) is 0 Å². The number of halogens is 1. The van der Waals surface area contributed by atoms with Crippen molar-refractivity contribution < 1.29 is 9.08 Å². The van der Waals surface area contributed by atoms with Crippen molar-refractivity contribution in [1.29, 1.82) is 0 Å². The molecule has 0 N–H and O–H groups in total. The summed E-state index contributed by atoms with van der Waals surface area (Å²) in [6.45, 7) is 5.67. The molecule has 0 aliphatic heterocycles. The molecule has 0 aromatic carbocycles. The van der Waals surface area contributed by atoms with Crippen molar-refractivity contribution in [3.05, 3.63) is 0 Å². The number of hydrogen-bond acceptors (Lipinski definition) is 2. The Balaban J connectivity index is 3.72. The molecule has 0 rings (SSSR count). The Morgan fingerprint density at radius 2 is 1.89 bits per heavy atom. The second kappa shape index (κ2) is 3.72. The van der Waals surface area contributed by atoms with E-state index in [0.717, 1.165) is 0 Å². The Morgan fingerprint density at radius 1 is 1.44 bits per heavy atom. The fourth-order valence-electron chi connectivity index (χ4n) is 0.342. The first-order valence-corrected chi connectivity index (χ1v) is 3.23. The van der Waals surface area contributed by atoms with E-state index in [1.807, 2.05) is 13.8 Å². The van der Waals surface area contributed by atoms with Crippen molar-refractivity contribution in [3.63, 3.8) is 0 Å².